The van der Waals surface area contributed by atoms with Crippen LogP contribution < -0.4 is 9.70 Å². The standard InChI is InChI=1S/C17H19N3S/c1-4-20-15-7-5-6-8-16(15)21-17(20)18-13-9-11-14(12-10-13)19(2)3/h5-12H,4H2,1-3H3. The van der Waals surface area contributed by atoms with Crippen molar-refractivity contribution in [2.45, 2.75) is 13.5 Å². The van der Waals surface area contributed by atoms with Crippen LogP contribution in [0.15, 0.2) is 53.5 Å². The maximum absolute atomic E-state index is 4.81. The number of fused-ring (bicyclic) bond motifs is 1. The number of hydrogen-bond donors (Lipinski definition) is 0. The first-order chi connectivity index (χ1) is 10.2. The number of para-hydroxylation sites is 1. The molecule has 4 heteroatoms. The van der Waals surface area contributed by atoms with Gasteiger partial charge in [-0.2, -0.15) is 0 Å². The van der Waals surface area contributed by atoms with Gasteiger partial charge in [0.1, 0.15) is 0 Å². The average Bonchev–Trinajstić information content (AvgIpc) is 2.84. The predicted octanol–water partition coefficient (Wildman–Crippen LogP) is 4.02. The molecule has 0 bridgehead atoms. The quantitative estimate of drug-likeness (QED) is 0.715. The van der Waals surface area contributed by atoms with Crippen LogP contribution in [0.3, 0.4) is 0 Å². The van der Waals surface area contributed by atoms with Crippen LogP contribution in [-0.2, 0) is 6.54 Å². The fraction of sp³-hybridized carbons (Fsp3) is 0.235. The molecule has 1 aromatic heterocycles. The molecule has 0 radical (unpaired) electrons. The number of hydrogen-bond acceptors (Lipinski definition) is 3. The summed E-state index contributed by atoms with van der Waals surface area (Å²) in [6, 6.07) is 16.8. The number of benzene rings is 2. The monoisotopic (exact) mass is 297 g/mol. The van der Waals surface area contributed by atoms with Crippen LogP contribution >= 0.6 is 11.3 Å². The van der Waals surface area contributed by atoms with Crippen molar-refractivity contribution >= 4 is 32.9 Å². The van der Waals surface area contributed by atoms with Gasteiger partial charge in [-0.1, -0.05) is 23.5 Å². The first-order valence-electron chi connectivity index (χ1n) is 7.09. The number of thiazole rings is 1. The fourth-order valence-electron chi connectivity index (χ4n) is 2.35. The summed E-state index contributed by atoms with van der Waals surface area (Å²) in [6.07, 6.45) is 0. The zero-order valence-corrected chi connectivity index (χ0v) is 13.4. The van der Waals surface area contributed by atoms with Crippen LogP contribution in [-0.4, -0.2) is 18.7 Å². The van der Waals surface area contributed by atoms with Crippen LogP contribution in [0.4, 0.5) is 11.4 Å². The Kier molecular flexibility index (Phi) is 3.80. The molecular formula is C17H19N3S. The second-order valence-corrected chi connectivity index (χ2v) is 6.13. The van der Waals surface area contributed by atoms with Crippen molar-refractivity contribution in [2.75, 3.05) is 19.0 Å². The summed E-state index contributed by atoms with van der Waals surface area (Å²) in [7, 11) is 4.09. The minimum Gasteiger partial charge on any atom is -0.378 e. The van der Waals surface area contributed by atoms with Crippen molar-refractivity contribution in [1.29, 1.82) is 0 Å². The third-order valence-corrected chi connectivity index (χ3v) is 4.55. The summed E-state index contributed by atoms with van der Waals surface area (Å²) in [4.78, 5) is 7.96. The van der Waals surface area contributed by atoms with Gasteiger partial charge >= 0.3 is 0 Å². The Balaban J connectivity index is 2.10. The molecule has 108 valence electrons. The third kappa shape index (κ3) is 2.72. The lowest BCUT2D eigenvalue weighted by Crippen LogP contribution is -2.12. The normalized spacial score (nSPS) is 12.0. The van der Waals surface area contributed by atoms with E-state index in [1.54, 1.807) is 11.3 Å². The second kappa shape index (κ2) is 5.74. The number of rotatable bonds is 3. The van der Waals surface area contributed by atoms with Crippen LogP contribution in [0.1, 0.15) is 6.92 Å². The third-order valence-electron chi connectivity index (χ3n) is 3.50. The lowest BCUT2D eigenvalue weighted by molar-refractivity contribution is 0.765. The maximum Gasteiger partial charge on any atom is 0.190 e. The van der Waals surface area contributed by atoms with Gasteiger partial charge < -0.3 is 9.47 Å². The van der Waals surface area contributed by atoms with Gasteiger partial charge in [-0.15, -0.1) is 0 Å². The lowest BCUT2D eigenvalue weighted by atomic mass is 10.3. The first-order valence-corrected chi connectivity index (χ1v) is 7.91. The van der Waals surface area contributed by atoms with E-state index in [4.69, 9.17) is 4.99 Å². The average molecular weight is 297 g/mol. The molecule has 21 heavy (non-hydrogen) atoms. The number of anilines is 1. The molecule has 0 atom stereocenters. The Labute approximate surface area is 128 Å². The summed E-state index contributed by atoms with van der Waals surface area (Å²) in [6.45, 7) is 3.09. The zero-order valence-electron chi connectivity index (χ0n) is 12.6. The van der Waals surface area contributed by atoms with E-state index in [2.05, 4.69) is 64.9 Å². The second-order valence-electron chi connectivity index (χ2n) is 5.12. The number of nitrogens with zero attached hydrogens (tertiary/aromatic N) is 3. The molecule has 1 heterocycles. The number of aromatic nitrogens is 1. The SMILES string of the molecule is CCn1c(=Nc2ccc(N(C)C)cc2)sc2ccccc21. The highest BCUT2D eigenvalue weighted by atomic mass is 32.1. The molecule has 0 N–H and O–H groups in total. The van der Waals surface area contributed by atoms with Gasteiger partial charge in [0, 0.05) is 26.3 Å². The molecule has 0 amide bonds. The molecule has 2 aromatic carbocycles. The van der Waals surface area contributed by atoms with Gasteiger partial charge in [0.15, 0.2) is 4.80 Å². The summed E-state index contributed by atoms with van der Waals surface area (Å²) in [5, 5.41) is 0. The Bertz CT molecular complexity index is 810. The molecule has 3 rings (SSSR count). The molecular weight excluding hydrogens is 278 g/mol. The molecule has 0 aliphatic heterocycles. The summed E-state index contributed by atoms with van der Waals surface area (Å²) < 4.78 is 3.54. The van der Waals surface area contributed by atoms with Crippen molar-refractivity contribution in [1.82, 2.24) is 4.57 Å². The fourth-order valence-corrected chi connectivity index (χ4v) is 3.46. The van der Waals surface area contributed by atoms with Gasteiger partial charge in [0.2, 0.25) is 0 Å². The van der Waals surface area contributed by atoms with Crippen molar-refractivity contribution in [2.24, 2.45) is 4.99 Å². The Hall–Kier alpha value is -2.07. The Morgan fingerprint density at radius 2 is 1.76 bits per heavy atom. The zero-order chi connectivity index (χ0) is 14.8. The van der Waals surface area contributed by atoms with E-state index in [0.29, 0.717) is 0 Å². The molecule has 3 aromatic rings. The van der Waals surface area contributed by atoms with E-state index in [0.717, 1.165) is 17.0 Å². The van der Waals surface area contributed by atoms with Crippen molar-refractivity contribution in [3.63, 3.8) is 0 Å². The van der Waals surface area contributed by atoms with E-state index < -0.39 is 0 Å². The molecule has 0 spiro atoms. The Morgan fingerprint density at radius 3 is 2.43 bits per heavy atom. The van der Waals surface area contributed by atoms with E-state index in [-0.39, 0.29) is 0 Å². The smallest absolute Gasteiger partial charge is 0.190 e. The lowest BCUT2D eigenvalue weighted by Gasteiger charge is -2.11. The van der Waals surface area contributed by atoms with E-state index in [1.165, 1.54) is 15.9 Å². The number of aryl methyl sites for hydroxylation is 1. The Morgan fingerprint density at radius 1 is 1.05 bits per heavy atom. The summed E-state index contributed by atoms with van der Waals surface area (Å²) in [5.41, 5.74) is 3.44. The molecule has 0 saturated heterocycles. The van der Waals surface area contributed by atoms with Gasteiger partial charge in [0.05, 0.1) is 15.9 Å². The van der Waals surface area contributed by atoms with E-state index >= 15 is 0 Å². The predicted molar refractivity (Wildman–Crippen MR) is 91.5 cm³/mol. The highest BCUT2D eigenvalue weighted by Gasteiger charge is 2.03. The van der Waals surface area contributed by atoms with Crippen LogP contribution in [0, 0.1) is 0 Å². The molecule has 0 aliphatic rings. The first kappa shape index (κ1) is 13.9. The van der Waals surface area contributed by atoms with Gasteiger partial charge in [-0.05, 0) is 43.3 Å². The van der Waals surface area contributed by atoms with Crippen molar-refractivity contribution in [3.8, 4) is 0 Å². The topological polar surface area (TPSA) is 20.5 Å². The minimum atomic E-state index is 0.929. The largest absolute Gasteiger partial charge is 0.378 e. The van der Waals surface area contributed by atoms with E-state index in [1.807, 2.05) is 14.1 Å². The summed E-state index contributed by atoms with van der Waals surface area (Å²) >= 11 is 1.74. The van der Waals surface area contributed by atoms with E-state index in [9.17, 15) is 0 Å². The van der Waals surface area contributed by atoms with Crippen molar-refractivity contribution in [3.05, 3.63) is 53.3 Å². The highest BCUT2D eigenvalue weighted by molar-refractivity contribution is 7.16. The van der Waals surface area contributed by atoms with Crippen molar-refractivity contribution < 1.29 is 0 Å². The van der Waals surface area contributed by atoms with Crippen LogP contribution in [0.2, 0.25) is 0 Å². The molecule has 0 unspecified atom stereocenters. The van der Waals surface area contributed by atoms with Gasteiger partial charge in [-0.3, -0.25) is 0 Å². The molecule has 0 saturated carbocycles. The molecule has 3 nitrogen and oxygen atoms in total. The molecule has 0 fully saturated rings. The minimum absolute atomic E-state index is 0.929. The van der Waals surface area contributed by atoms with Crippen LogP contribution in [0.5, 0.6) is 0 Å². The molecule has 0 aliphatic carbocycles. The summed E-state index contributed by atoms with van der Waals surface area (Å²) in [5.74, 6) is 0. The van der Waals surface area contributed by atoms with Gasteiger partial charge in [-0.25, -0.2) is 4.99 Å². The maximum atomic E-state index is 4.81. The van der Waals surface area contributed by atoms with Gasteiger partial charge in [0.25, 0.3) is 0 Å². The highest BCUT2D eigenvalue weighted by Crippen LogP contribution is 2.20. The van der Waals surface area contributed by atoms with Crippen LogP contribution in [0.25, 0.3) is 10.2 Å².